The quantitative estimate of drug-likeness (QED) is 0.390. The lowest BCUT2D eigenvalue weighted by molar-refractivity contribution is -0.111. The van der Waals surface area contributed by atoms with E-state index >= 15 is 0 Å². The normalized spacial score (nSPS) is 17.0. The largest absolute Gasteiger partial charge is 0.494 e. The van der Waals surface area contributed by atoms with Gasteiger partial charge in [-0.25, -0.2) is 0 Å². The van der Waals surface area contributed by atoms with Crippen LogP contribution in [0.4, 0.5) is 5.69 Å². The van der Waals surface area contributed by atoms with Crippen LogP contribution < -0.4 is 9.64 Å². The summed E-state index contributed by atoms with van der Waals surface area (Å²) in [6, 6.07) is 11.8. The molecule has 178 valence electrons. The first-order valence-electron chi connectivity index (χ1n) is 12.0. The molecule has 2 aliphatic heterocycles. The molecule has 1 atom stereocenters. The average molecular weight is 463 g/mol. The highest BCUT2D eigenvalue weighted by molar-refractivity contribution is 6.24. The second-order valence-electron chi connectivity index (χ2n) is 8.93. The van der Waals surface area contributed by atoms with Gasteiger partial charge in [-0.2, -0.15) is 0 Å². The highest BCUT2D eigenvalue weighted by Gasteiger charge is 2.42. The first-order chi connectivity index (χ1) is 16.6. The maximum absolute atomic E-state index is 13.2. The molecular formula is C27H30N2O5. The van der Waals surface area contributed by atoms with Crippen LogP contribution in [0, 0.1) is 5.92 Å². The molecular weight excluding hydrogens is 432 g/mol. The molecule has 2 heterocycles. The summed E-state index contributed by atoms with van der Waals surface area (Å²) >= 11 is 0. The first kappa shape index (κ1) is 23.7. The molecule has 0 bridgehead atoms. The van der Waals surface area contributed by atoms with Crippen molar-refractivity contribution in [2.75, 3.05) is 24.6 Å². The zero-order valence-electron chi connectivity index (χ0n) is 19.4. The van der Waals surface area contributed by atoms with Crippen LogP contribution in [0.5, 0.6) is 5.75 Å². The topological polar surface area (TPSA) is 84.0 Å². The number of carbonyl (C=O) groups excluding carboxylic acids is 4. The number of ether oxygens (including phenoxy) is 1. The Morgan fingerprint density at radius 3 is 2.41 bits per heavy atom. The second kappa shape index (κ2) is 10.6. The van der Waals surface area contributed by atoms with Gasteiger partial charge in [0.25, 0.3) is 11.8 Å². The van der Waals surface area contributed by atoms with Crippen molar-refractivity contribution in [1.82, 2.24) is 4.90 Å². The molecule has 1 saturated heterocycles. The summed E-state index contributed by atoms with van der Waals surface area (Å²) in [6.45, 7) is 4.13. The number of hydrogen-bond acceptors (Lipinski definition) is 6. The Morgan fingerprint density at radius 1 is 1.03 bits per heavy atom. The molecule has 1 unspecified atom stereocenters. The van der Waals surface area contributed by atoms with Gasteiger partial charge in [-0.3, -0.25) is 19.3 Å². The Morgan fingerprint density at radius 2 is 1.76 bits per heavy atom. The van der Waals surface area contributed by atoms with E-state index in [1.807, 2.05) is 19.1 Å². The Labute approximate surface area is 199 Å². The van der Waals surface area contributed by atoms with E-state index < -0.39 is 6.04 Å². The maximum Gasteiger partial charge on any atom is 0.264 e. The number of nitrogens with zero attached hydrogens (tertiary/aromatic N) is 2. The lowest BCUT2D eigenvalue weighted by Gasteiger charge is -2.34. The van der Waals surface area contributed by atoms with Gasteiger partial charge in [0.1, 0.15) is 18.3 Å². The molecule has 0 saturated carbocycles. The summed E-state index contributed by atoms with van der Waals surface area (Å²) in [5, 5.41) is 0. The Hall–Kier alpha value is -3.48. The Balaban J connectivity index is 1.36. The zero-order valence-corrected chi connectivity index (χ0v) is 19.4. The molecule has 0 aliphatic carbocycles. The molecule has 4 rings (SSSR count). The molecule has 2 amide bonds. The molecule has 1 fully saturated rings. The first-order valence-corrected chi connectivity index (χ1v) is 12.0. The lowest BCUT2D eigenvalue weighted by Crippen LogP contribution is -2.41. The smallest absolute Gasteiger partial charge is 0.264 e. The van der Waals surface area contributed by atoms with Gasteiger partial charge in [-0.15, -0.1) is 0 Å². The predicted molar refractivity (Wildman–Crippen MR) is 129 cm³/mol. The van der Waals surface area contributed by atoms with Crippen molar-refractivity contribution in [3.63, 3.8) is 0 Å². The van der Waals surface area contributed by atoms with E-state index in [4.69, 9.17) is 4.74 Å². The average Bonchev–Trinajstić information content (AvgIpc) is 3.13. The number of carbonyl (C=O) groups is 4. The summed E-state index contributed by atoms with van der Waals surface area (Å²) in [5.74, 6) is 0.533. The van der Waals surface area contributed by atoms with Crippen molar-refractivity contribution in [2.24, 2.45) is 5.92 Å². The fourth-order valence-electron chi connectivity index (χ4n) is 4.85. The van der Waals surface area contributed by atoms with Crippen LogP contribution in [0.15, 0.2) is 42.5 Å². The van der Waals surface area contributed by atoms with Crippen LogP contribution in [-0.2, 0) is 4.79 Å². The minimum Gasteiger partial charge on any atom is -0.494 e. The molecule has 0 spiro atoms. The molecule has 2 aromatic carbocycles. The summed E-state index contributed by atoms with van der Waals surface area (Å²) in [6.07, 6.45) is 5.57. The number of anilines is 1. The third kappa shape index (κ3) is 4.74. The fraction of sp³-hybridized carbons (Fsp3) is 0.407. The highest BCUT2D eigenvalue weighted by atomic mass is 16.5. The van der Waals surface area contributed by atoms with Crippen LogP contribution in [0.3, 0.4) is 0 Å². The van der Waals surface area contributed by atoms with Crippen LogP contribution in [0.2, 0.25) is 0 Å². The molecule has 34 heavy (non-hydrogen) atoms. The van der Waals surface area contributed by atoms with Crippen molar-refractivity contribution < 1.29 is 23.9 Å². The van der Waals surface area contributed by atoms with E-state index in [2.05, 4.69) is 4.90 Å². The van der Waals surface area contributed by atoms with E-state index in [0.717, 1.165) is 55.0 Å². The molecule has 0 aromatic heterocycles. The molecule has 0 radical (unpaired) electrons. The van der Waals surface area contributed by atoms with Crippen LogP contribution in [-0.4, -0.2) is 55.0 Å². The van der Waals surface area contributed by atoms with Crippen LogP contribution >= 0.6 is 0 Å². The van der Waals surface area contributed by atoms with Gasteiger partial charge >= 0.3 is 0 Å². The van der Waals surface area contributed by atoms with Crippen molar-refractivity contribution in [1.29, 1.82) is 0 Å². The number of benzene rings is 2. The second-order valence-corrected chi connectivity index (χ2v) is 8.93. The number of imide groups is 1. The molecule has 2 aliphatic rings. The standard InChI is InChI=1S/C27H30N2O5/c1-2-4-21(18-31)29-26(32)23-5-3-6-24(25(23)27(29)33)28-14-11-19(12-15-28)13-16-34-22-9-7-20(17-30)8-10-22/h3,5-10,17-19,21H,2,4,11-16H2,1H3. The van der Waals surface area contributed by atoms with Crippen molar-refractivity contribution >= 4 is 30.1 Å². The SMILES string of the molecule is CCCC(C=O)N1C(=O)c2cccc(N3CCC(CCOc4ccc(C=O)cc4)CC3)c2C1=O. The fourth-order valence-corrected chi connectivity index (χ4v) is 4.85. The number of hydrogen-bond donors (Lipinski definition) is 0. The van der Waals surface area contributed by atoms with Crippen LogP contribution in [0.1, 0.15) is 70.1 Å². The van der Waals surface area contributed by atoms with E-state index in [1.54, 1.807) is 30.3 Å². The van der Waals surface area contributed by atoms with Gasteiger partial charge in [0.2, 0.25) is 0 Å². The summed E-state index contributed by atoms with van der Waals surface area (Å²) in [7, 11) is 0. The van der Waals surface area contributed by atoms with Gasteiger partial charge in [-0.05, 0) is 68.0 Å². The molecule has 7 nitrogen and oxygen atoms in total. The van der Waals surface area contributed by atoms with Gasteiger partial charge < -0.3 is 14.4 Å². The predicted octanol–water partition coefficient (Wildman–Crippen LogP) is 4.15. The minimum atomic E-state index is -0.717. The third-order valence-corrected chi connectivity index (χ3v) is 6.76. The Bertz CT molecular complexity index is 1060. The summed E-state index contributed by atoms with van der Waals surface area (Å²) in [5.41, 5.74) is 2.23. The Kier molecular flexibility index (Phi) is 7.40. The third-order valence-electron chi connectivity index (χ3n) is 6.76. The lowest BCUT2D eigenvalue weighted by atomic mass is 9.93. The number of piperidine rings is 1. The van der Waals surface area contributed by atoms with E-state index in [9.17, 15) is 19.2 Å². The monoisotopic (exact) mass is 462 g/mol. The molecule has 0 N–H and O–H groups in total. The van der Waals surface area contributed by atoms with Gasteiger partial charge in [0.05, 0.1) is 29.5 Å². The summed E-state index contributed by atoms with van der Waals surface area (Å²) < 4.78 is 5.83. The summed E-state index contributed by atoms with van der Waals surface area (Å²) in [4.78, 5) is 51.8. The minimum absolute atomic E-state index is 0.364. The van der Waals surface area contributed by atoms with Crippen molar-refractivity contribution in [2.45, 2.75) is 45.1 Å². The number of amides is 2. The zero-order chi connectivity index (χ0) is 24.1. The van der Waals surface area contributed by atoms with Gasteiger partial charge in [-0.1, -0.05) is 19.4 Å². The van der Waals surface area contributed by atoms with Gasteiger partial charge in [0.15, 0.2) is 0 Å². The van der Waals surface area contributed by atoms with E-state index in [-0.39, 0.29) is 11.8 Å². The highest BCUT2D eigenvalue weighted by Crippen LogP contribution is 2.35. The number of rotatable bonds is 10. The molecule has 7 heteroatoms. The van der Waals surface area contributed by atoms with Gasteiger partial charge in [0, 0.05) is 18.7 Å². The molecule has 2 aromatic rings. The van der Waals surface area contributed by atoms with Crippen LogP contribution in [0.25, 0.3) is 0 Å². The van der Waals surface area contributed by atoms with E-state index in [1.165, 1.54) is 0 Å². The van der Waals surface area contributed by atoms with E-state index in [0.29, 0.717) is 48.3 Å². The maximum atomic E-state index is 13.2. The van der Waals surface area contributed by atoms with Crippen molar-refractivity contribution in [3.8, 4) is 5.75 Å². The van der Waals surface area contributed by atoms with Crippen molar-refractivity contribution in [3.05, 3.63) is 59.2 Å². The number of fused-ring (bicyclic) bond motifs is 1. The number of aldehydes is 2.